The Morgan fingerprint density at radius 2 is 2.10 bits per heavy atom. The van der Waals surface area contributed by atoms with Crippen LogP contribution in [0.3, 0.4) is 0 Å². The normalized spacial score (nSPS) is 12.8. The molecule has 1 aliphatic heterocycles. The number of halogens is 1. The Labute approximate surface area is 132 Å². The van der Waals surface area contributed by atoms with Crippen LogP contribution < -0.4 is 4.74 Å². The van der Waals surface area contributed by atoms with Gasteiger partial charge in [-0.25, -0.2) is 0 Å². The first-order valence-electron chi connectivity index (χ1n) is 7.07. The number of nitrogens with zero attached hydrogens (tertiary/aromatic N) is 1. The van der Waals surface area contributed by atoms with Crippen LogP contribution in [0.5, 0.6) is 5.75 Å². The predicted molar refractivity (Wildman–Crippen MR) is 84.6 cm³/mol. The molecule has 2 heterocycles. The van der Waals surface area contributed by atoms with Crippen molar-refractivity contribution in [1.82, 2.24) is 4.98 Å². The Morgan fingerprint density at radius 3 is 2.90 bits per heavy atom. The smallest absolute Gasteiger partial charge is 0.137 e. The highest BCUT2D eigenvalue weighted by Gasteiger charge is 2.19. The van der Waals surface area contributed by atoms with Gasteiger partial charge in [-0.3, -0.25) is 9.78 Å². The van der Waals surface area contributed by atoms with Gasteiger partial charge in [0.2, 0.25) is 0 Å². The maximum atomic E-state index is 12.2. The molecule has 3 rings (SSSR count). The van der Waals surface area contributed by atoms with Crippen molar-refractivity contribution in [3.63, 3.8) is 0 Å². The summed E-state index contributed by atoms with van der Waals surface area (Å²) >= 11 is 3.51. The number of Topliss-reactive ketones (excluding diaryl/α,β-unsaturated/α-hetero) is 1. The molecule has 0 saturated carbocycles. The Balaban J connectivity index is 1.65. The number of benzene rings is 1. The second-order valence-electron chi connectivity index (χ2n) is 5.22. The summed E-state index contributed by atoms with van der Waals surface area (Å²) in [6.45, 7) is 0.712. The third-order valence-corrected chi connectivity index (χ3v) is 4.11. The standard InChI is InChI=1S/C17H16BrNO2/c18-15-9-13-5-8-21-17(13)14(10-15)11-16(20)2-1-12-3-6-19-7-4-12/h3-4,6-7,9-10H,1-2,5,8,11H2. The second-order valence-corrected chi connectivity index (χ2v) is 6.14. The fourth-order valence-corrected chi connectivity index (χ4v) is 3.16. The Kier molecular flexibility index (Phi) is 4.34. The van der Waals surface area contributed by atoms with Gasteiger partial charge in [-0.1, -0.05) is 15.9 Å². The number of aryl methyl sites for hydroxylation is 1. The minimum atomic E-state index is 0.239. The van der Waals surface area contributed by atoms with Crippen molar-refractivity contribution in [2.75, 3.05) is 6.61 Å². The molecule has 0 spiro atoms. The molecule has 0 fully saturated rings. The van der Waals surface area contributed by atoms with Gasteiger partial charge >= 0.3 is 0 Å². The van der Waals surface area contributed by atoms with Crippen molar-refractivity contribution in [3.8, 4) is 5.75 Å². The molecule has 0 unspecified atom stereocenters. The number of hydrogen-bond acceptors (Lipinski definition) is 3. The lowest BCUT2D eigenvalue weighted by atomic mass is 10.0. The van der Waals surface area contributed by atoms with Gasteiger partial charge in [-0.15, -0.1) is 0 Å². The van der Waals surface area contributed by atoms with E-state index in [0.717, 1.165) is 34.2 Å². The summed E-state index contributed by atoms with van der Waals surface area (Å²) < 4.78 is 6.68. The molecule has 21 heavy (non-hydrogen) atoms. The molecule has 0 atom stereocenters. The van der Waals surface area contributed by atoms with Crippen LogP contribution in [-0.2, 0) is 24.1 Å². The topological polar surface area (TPSA) is 39.2 Å². The summed E-state index contributed by atoms with van der Waals surface area (Å²) in [6, 6.07) is 7.97. The number of ketones is 1. The highest BCUT2D eigenvalue weighted by molar-refractivity contribution is 9.10. The molecule has 0 saturated heterocycles. The second kappa shape index (κ2) is 6.39. The van der Waals surface area contributed by atoms with Crippen LogP contribution in [0, 0.1) is 0 Å². The molecule has 0 aliphatic carbocycles. The fraction of sp³-hybridized carbons (Fsp3) is 0.294. The molecule has 1 aromatic carbocycles. The molecule has 0 bridgehead atoms. The number of fused-ring (bicyclic) bond motifs is 1. The summed E-state index contributed by atoms with van der Waals surface area (Å²) in [7, 11) is 0. The van der Waals surface area contributed by atoms with E-state index in [1.165, 1.54) is 5.56 Å². The van der Waals surface area contributed by atoms with Crippen LogP contribution in [0.2, 0.25) is 0 Å². The molecule has 0 radical (unpaired) electrons. The quantitative estimate of drug-likeness (QED) is 0.832. The Morgan fingerprint density at radius 1 is 1.29 bits per heavy atom. The molecule has 1 aliphatic rings. The summed E-state index contributed by atoms with van der Waals surface area (Å²) in [4.78, 5) is 16.2. The molecular formula is C17H16BrNO2. The monoisotopic (exact) mass is 345 g/mol. The van der Waals surface area contributed by atoms with E-state index in [2.05, 4.69) is 27.0 Å². The molecule has 0 amide bonds. The molecule has 3 nitrogen and oxygen atoms in total. The predicted octanol–water partition coefficient (Wildman–Crippen LogP) is 3.52. The minimum absolute atomic E-state index is 0.239. The Bertz CT molecular complexity index is 655. The summed E-state index contributed by atoms with van der Waals surface area (Å²) in [5.74, 6) is 1.15. The van der Waals surface area contributed by atoms with Crippen LogP contribution in [0.4, 0.5) is 0 Å². The number of rotatable bonds is 5. The van der Waals surface area contributed by atoms with E-state index in [4.69, 9.17) is 4.74 Å². The van der Waals surface area contributed by atoms with Crippen molar-refractivity contribution in [2.45, 2.75) is 25.7 Å². The van der Waals surface area contributed by atoms with Crippen LogP contribution in [0.15, 0.2) is 41.1 Å². The van der Waals surface area contributed by atoms with Crippen molar-refractivity contribution < 1.29 is 9.53 Å². The van der Waals surface area contributed by atoms with Crippen LogP contribution in [0.25, 0.3) is 0 Å². The van der Waals surface area contributed by atoms with Gasteiger partial charge < -0.3 is 4.74 Å². The molecule has 4 heteroatoms. The van der Waals surface area contributed by atoms with E-state index >= 15 is 0 Å². The van der Waals surface area contributed by atoms with Gasteiger partial charge in [0.05, 0.1) is 6.61 Å². The van der Waals surface area contributed by atoms with E-state index < -0.39 is 0 Å². The fourth-order valence-electron chi connectivity index (χ4n) is 2.61. The van der Waals surface area contributed by atoms with Crippen LogP contribution >= 0.6 is 15.9 Å². The van der Waals surface area contributed by atoms with Crippen molar-refractivity contribution in [2.24, 2.45) is 0 Å². The highest BCUT2D eigenvalue weighted by Crippen LogP contribution is 2.33. The van der Waals surface area contributed by atoms with Gasteiger partial charge in [-0.2, -0.15) is 0 Å². The first-order valence-corrected chi connectivity index (χ1v) is 7.86. The maximum Gasteiger partial charge on any atom is 0.137 e. The summed E-state index contributed by atoms with van der Waals surface area (Å²) in [5.41, 5.74) is 3.34. The number of aromatic nitrogens is 1. The molecular weight excluding hydrogens is 330 g/mol. The Hall–Kier alpha value is -1.68. The van der Waals surface area contributed by atoms with E-state index in [1.807, 2.05) is 18.2 Å². The highest BCUT2D eigenvalue weighted by atomic mass is 79.9. The molecule has 108 valence electrons. The van der Waals surface area contributed by atoms with Crippen LogP contribution in [0.1, 0.15) is 23.1 Å². The number of carbonyl (C=O) groups excluding carboxylic acids is 1. The molecule has 1 aromatic heterocycles. The summed E-state index contributed by atoms with van der Waals surface area (Å²) in [5, 5.41) is 0. The zero-order valence-corrected chi connectivity index (χ0v) is 13.2. The summed E-state index contributed by atoms with van der Waals surface area (Å²) in [6.07, 6.45) is 6.19. The minimum Gasteiger partial charge on any atom is -0.493 e. The SMILES string of the molecule is O=C(CCc1ccncc1)Cc1cc(Br)cc2c1OCC2. The number of ether oxygens (including phenoxy) is 1. The van der Waals surface area contributed by atoms with E-state index in [-0.39, 0.29) is 5.78 Å². The first kappa shape index (κ1) is 14.3. The van der Waals surface area contributed by atoms with Crippen molar-refractivity contribution in [3.05, 3.63) is 57.8 Å². The average molecular weight is 346 g/mol. The van der Waals surface area contributed by atoms with Crippen molar-refractivity contribution in [1.29, 1.82) is 0 Å². The third kappa shape index (κ3) is 3.50. The van der Waals surface area contributed by atoms with E-state index in [1.54, 1.807) is 12.4 Å². The van der Waals surface area contributed by atoms with Gasteiger partial charge in [0.25, 0.3) is 0 Å². The lowest BCUT2D eigenvalue weighted by molar-refractivity contribution is -0.118. The third-order valence-electron chi connectivity index (χ3n) is 3.65. The lowest BCUT2D eigenvalue weighted by Crippen LogP contribution is -2.06. The van der Waals surface area contributed by atoms with Crippen molar-refractivity contribution >= 4 is 21.7 Å². The van der Waals surface area contributed by atoms with Gasteiger partial charge in [0.1, 0.15) is 11.5 Å². The average Bonchev–Trinajstić information content (AvgIpc) is 2.94. The van der Waals surface area contributed by atoms with E-state index in [9.17, 15) is 4.79 Å². The molecule has 0 N–H and O–H groups in total. The van der Waals surface area contributed by atoms with Crippen LogP contribution in [-0.4, -0.2) is 17.4 Å². The number of pyridine rings is 1. The van der Waals surface area contributed by atoms with Gasteiger partial charge in [-0.05, 0) is 41.8 Å². The number of carbonyl (C=O) groups is 1. The van der Waals surface area contributed by atoms with Gasteiger partial charge in [0.15, 0.2) is 0 Å². The van der Waals surface area contributed by atoms with Gasteiger partial charge in [0, 0.05) is 41.7 Å². The maximum absolute atomic E-state index is 12.2. The zero-order valence-electron chi connectivity index (χ0n) is 11.6. The molecule has 2 aromatic rings. The number of hydrogen-bond donors (Lipinski definition) is 0. The largest absolute Gasteiger partial charge is 0.493 e. The lowest BCUT2D eigenvalue weighted by Gasteiger charge is -2.08. The van der Waals surface area contributed by atoms with E-state index in [0.29, 0.717) is 19.4 Å². The zero-order chi connectivity index (χ0) is 14.7. The first-order chi connectivity index (χ1) is 10.2.